The highest BCUT2D eigenvalue weighted by molar-refractivity contribution is 5.98. The summed E-state index contributed by atoms with van der Waals surface area (Å²) in [5.74, 6) is 0.790. The van der Waals surface area contributed by atoms with Gasteiger partial charge in [-0.05, 0) is 44.9 Å². The molecule has 7 nitrogen and oxygen atoms in total. The Balaban J connectivity index is 1.86. The third-order valence-corrected chi connectivity index (χ3v) is 6.75. The smallest absolute Gasteiger partial charge is 0.257 e. The molecule has 1 heterocycles. The van der Waals surface area contributed by atoms with E-state index in [4.69, 9.17) is 9.47 Å². The van der Waals surface area contributed by atoms with Crippen molar-refractivity contribution >= 4 is 17.5 Å². The average Bonchev–Trinajstić information content (AvgIpc) is 3.29. The third-order valence-electron chi connectivity index (χ3n) is 6.75. The van der Waals surface area contributed by atoms with Gasteiger partial charge in [-0.2, -0.15) is 0 Å². The van der Waals surface area contributed by atoms with E-state index in [1.54, 1.807) is 37.3 Å². The van der Waals surface area contributed by atoms with E-state index in [9.17, 15) is 9.59 Å². The van der Waals surface area contributed by atoms with Crippen LogP contribution in [0.15, 0.2) is 18.2 Å². The first-order chi connectivity index (χ1) is 14.8. The number of nitrogens with zero attached hydrogens (tertiary/aromatic N) is 2. The van der Waals surface area contributed by atoms with E-state index >= 15 is 0 Å². The Labute approximate surface area is 186 Å². The zero-order valence-corrected chi connectivity index (χ0v) is 19.5. The number of hydrogen-bond acceptors (Lipinski definition) is 5. The Kier molecular flexibility index (Phi) is 7.94. The first-order valence-electron chi connectivity index (χ1n) is 11.4. The lowest BCUT2D eigenvalue weighted by Gasteiger charge is -2.34. The lowest BCUT2D eigenvalue weighted by Crippen LogP contribution is -2.45. The summed E-state index contributed by atoms with van der Waals surface area (Å²) in [6.45, 7) is 6.05. The molecule has 0 spiro atoms. The van der Waals surface area contributed by atoms with E-state index in [-0.39, 0.29) is 35.8 Å². The van der Waals surface area contributed by atoms with Gasteiger partial charge in [0.1, 0.15) is 12.4 Å². The van der Waals surface area contributed by atoms with Gasteiger partial charge in [-0.1, -0.05) is 19.8 Å². The van der Waals surface area contributed by atoms with E-state index in [0.29, 0.717) is 30.2 Å². The molecule has 7 heteroatoms. The van der Waals surface area contributed by atoms with Crippen LogP contribution in [0.2, 0.25) is 0 Å². The molecule has 0 unspecified atom stereocenters. The van der Waals surface area contributed by atoms with Gasteiger partial charge >= 0.3 is 0 Å². The molecule has 0 saturated heterocycles. The van der Waals surface area contributed by atoms with E-state index < -0.39 is 0 Å². The van der Waals surface area contributed by atoms with Gasteiger partial charge in [0.15, 0.2) is 0 Å². The van der Waals surface area contributed by atoms with E-state index in [2.05, 4.69) is 31.1 Å². The van der Waals surface area contributed by atoms with Crippen LogP contribution in [-0.2, 0) is 9.53 Å². The molecule has 2 amide bonds. The molecule has 0 bridgehead atoms. The lowest BCUT2D eigenvalue weighted by molar-refractivity contribution is -0.119. The number of methoxy groups -OCH3 is 1. The third kappa shape index (κ3) is 5.77. The van der Waals surface area contributed by atoms with Gasteiger partial charge in [-0.3, -0.25) is 14.5 Å². The van der Waals surface area contributed by atoms with Gasteiger partial charge in [-0.25, -0.2) is 0 Å². The highest BCUT2D eigenvalue weighted by Crippen LogP contribution is 2.29. The zero-order chi connectivity index (χ0) is 22.5. The lowest BCUT2D eigenvalue weighted by atomic mass is 10.0. The van der Waals surface area contributed by atoms with Crippen LogP contribution in [0.3, 0.4) is 0 Å². The largest absolute Gasteiger partial charge is 0.491 e. The zero-order valence-electron chi connectivity index (χ0n) is 19.5. The van der Waals surface area contributed by atoms with Crippen LogP contribution in [0.4, 0.5) is 5.69 Å². The molecule has 1 aliphatic heterocycles. The van der Waals surface area contributed by atoms with Crippen LogP contribution in [0.1, 0.15) is 49.9 Å². The molecule has 1 aromatic carbocycles. The van der Waals surface area contributed by atoms with Crippen molar-refractivity contribution in [1.82, 2.24) is 9.80 Å². The molecule has 1 fully saturated rings. The van der Waals surface area contributed by atoms with Crippen LogP contribution in [0.25, 0.3) is 0 Å². The molecule has 2 aliphatic rings. The van der Waals surface area contributed by atoms with Crippen LogP contribution >= 0.6 is 0 Å². The molecule has 31 heavy (non-hydrogen) atoms. The van der Waals surface area contributed by atoms with Crippen molar-refractivity contribution < 1.29 is 19.1 Å². The van der Waals surface area contributed by atoms with Crippen molar-refractivity contribution in [1.29, 1.82) is 0 Å². The van der Waals surface area contributed by atoms with Gasteiger partial charge in [0.2, 0.25) is 5.91 Å². The topological polar surface area (TPSA) is 71.1 Å². The number of amides is 2. The molecule has 0 radical (unpaired) electrons. The second kappa shape index (κ2) is 10.5. The second-order valence-electron chi connectivity index (χ2n) is 9.22. The molecule has 1 aromatic rings. The monoisotopic (exact) mass is 431 g/mol. The van der Waals surface area contributed by atoms with Crippen molar-refractivity contribution in [2.75, 3.05) is 46.2 Å². The molecule has 172 valence electrons. The summed E-state index contributed by atoms with van der Waals surface area (Å²) in [7, 11) is 5.57. The van der Waals surface area contributed by atoms with Crippen molar-refractivity contribution in [3.8, 4) is 5.75 Å². The van der Waals surface area contributed by atoms with Crippen molar-refractivity contribution in [3.63, 3.8) is 0 Å². The van der Waals surface area contributed by atoms with Gasteiger partial charge < -0.3 is 19.7 Å². The fourth-order valence-corrected chi connectivity index (χ4v) is 4.46. The Morgan fingerprint density at radius 2 is 1.87 bits per heavy atom. The number of fused-ring (bicyclic) bond motifs is 1. The predicted molar refractivity (Wildman–Crippen MR) is 122 cm³/mol. The van der Waals surface area contributed by atoms with Crippen LogP contribution in [-0.4, -0.2) is 74.7 Å². The summed E-state index contributed by atoms with van der Waals surface area (Å²) in [5, 5.41) is 3.01. The van der Waals surface area contributed by atoms with Crippen molar-refractivity contribution in [2.24, 2.45) is 11.8 Å². The van der Waals surface area contributed by atoms with Crippen LogP contribution in [0.5, 0.6) is 5.75 Å². The predicted octanol–water partition coefficient (Wildman–Crippen LogP) is 3.25. The maximum atomic E-state index is 13.2. The number of carbonyl (C=O) groups is 2. The number of hydrogen-bond donors (Lipinski definition) is 1. The van der Waals surface area contributed by atoms with Gasteiger partial charge in [0, 0.05) is 51.0 Å². The molecule has 1 aliphatic carbocycles. The molecule has 1 N–H and O–H groups in total. The minimum atomic E-state index is -0.112. The number of ether oxygens (including phenoxy) is 2. The molecule has 1 saturated carbocycles. The summed E-state index contributed by atoms with van der Waals surface area (Å²) in [6, 6.07) is 5.49. The van der Waals surface area contributed by atoms with Crippen molar-refractivity contribution in [3.05, 3.63) is 23.8 Å². The maximum absolute atomic E-state index is 13.2. The van der Waals surface area contributed by atoms with Gasteiger partial charge in [-0.15, -0.1) is 0 Å². The van der Waals surface area contributed by atoms with E-state index in [1.165, 1.54) is 0 Å². The molecule has 3 atom stereocenters. The highest BCUT2D eigenvalue weighted by atomic mass is 16.5. The number of nitrogens with one attached hydrogen (secondary N) is 1. The van der Waals surface area contributed by atoms with Crippen LogP contribution < -0.4 is 10.1 Å². The number of likely N-dealkylation sites (N-methyl/N-ethyl adjacent to an activating group) is 2. The highest BCUT2D eigenvalue weighted by Gasteiger charge is 2.28. The number of benzene rings is 1. The first-order valence-corrected chi connectivity index (χ1v) is 11.4. The summed E-state index contributed by atoms with van der Waals surface area (Å²) < 4.78 is 11.8. The first kappa shape index (κ1) is 23.5. The van der Waals surface area contributed by atoms with Gasteiger partial charge in [0.25, 0.3) is 5.91 Å². The summed E-state index contributed by atoms with van der Waals surface area (Å²) in [6.07, 6.45) is 4.05. The normalized spacial score (nSPS) is 26.5. The SMILES string of the molecule is CO[C@@H]1CN(C)C(=O)c2ccc(NC(=O)C3CCCC3)cc2OC[C@@H](C)N(C)C[C@H]1C. The number of carbonyl (C=O) groups excluding carboxylic acids is 2. The summed E-state index contributed by atoms with van der Waals surface area (Å²) in [5.41, 5.74) is 1.17. The molecule has 3 rings (SSSR count). The van der Waals surface area contributed by atoms with Crippen molar-refractivity contribution in [2.45, 2.75) is 51.7 Å². The Morgan fingerprint density at radius 1 is 1.16 bits per heavy atom. The Bertz CT molecular complexity index is 778. The molecular formula is C24H37N3O4. The minimum Gasteiger partial charge on any atom is -0.491 e. The second-order valence-corrected chi connectivity index (χ2v) is 9.22. The van der Waals surface area contributed by atoms with Crippen LogP contribution in [0, 0.1) is 11.8 Å². The summed E-state index contributed by atoms with van der Waals surface area (Å²) >= 11 is 0. The maximum Gasteiger partial charge on any atom is 0.257 e. The fourth-order valence-electron chi connectivity index (χ4n) is 4.46. The quantitative estimate of drug-likeness (QED) is 0.796. The molecule has 0 aromatic heterocycles. The van der Waals surface area contributed by atoms with Gasteiger partial charge in [0.05, 0.1) is 11.7 Å². The fraction of sp³-hybridized carbons (Fsp3) is 0.667. The Morgan fingerprint density at radius 3 is 2.55 bits per heavy atom. The minimum absolute atomic E-state index is 0.0547. The molecular weight excluding hydrogens is 394 g/mol. The number of anilines is 1. The van der Waals surface area contributed by atoms with E-state index in [1.807, 2.05) is 0 Å². The van der Waals surface area contributed by atoms with E-state index in [0.717, 1.165) is 32.2 Å². The Hall–Kier alpha value is -2.12. The standard InChI is InChI=1S/C24H37N3O4/c1-16-13-26(3)17(2)15-31-21-12-19(25-23(28)18-8-6-7-9-18)10-11-20(21)24(29)27(4)14-22(16)30-5/h10-12,16-18,22H,6-9,13-15H2,1-5H3,(H,25,28)/t16-,17-,22-/m1/s1. The number of rotatable bonds is 3. The summed E-state index contributed by atoms with van der Waals surface area (Å²) in [4.78, 5) is 29.7. The average molecular weight is 432 g/mol.